The molecule has 92 valence electrons. The van der Waals surface area contributed by atoms with E-state index in [1.165, 1.54) is 25.7 Å². The number of halogens is 2. The standard InChI is InChI=1S/C14H16Cl2O/c1-9-6-7-11(14(16)13(9)15)12(17)8-10-4-2-3-5-10/h6-7,10H,2-5,8H2,1H3. The highest BCUT2D eigenvalue weighted by Crippen LogP contribution is 2.33. The van der Waals surface area contributed by atoms with Crippen molar-refractivity contribution in [1.29, 1.82) is 0 Å². The molecule has 0 amide bonds. The van der Waals surface area contributed by atoms with Crippen molar-refractivity contribution in [3.05, 3.63) is 33.3 Å². The summed E-state index contributed by atoms with van der Waals surface area (Å²) in [5.41, 5.74) is 1.49. The van der Waals surface area contributed by atoms with Crippen molar-refractivity contribution in [3.8, 4) is 0 Å². The summed E-state index contributed by atoms with van der Waals surface area (Å²) >= 11 is 12.2. The fourth-order valence-corrected chi connectivity index (χ4v) is 2.93. The van der Waals surface area contributed by atoms with Crippen LogP contribution < -0.4 is 0 Å². The van der Waals surface area contributed by atoms with Gasteiger partial charge in [0.1, 0.15) is 0 Å². The van der Waals surface area contributed by atoms with E-state index in [2.05, 4.69) is 0 Å². The number of carbonyl (C=O) groups excluding carboxylic acids is 1. The van der Waals surface area contributed by atoms with Crippen LogP contribution in [0.5, 0.6) is 0 Å². The van der Waals surface area contributed by atoms with Crippen LogP contribution in [-0.2, 0) is 0 Å². The van der Waals surface area contributed by atoms with Gasteiger partial charge in [-0.2, -0.15) is 0 Å². The first-order chi connectivity index (χ1) is 8.09. The largest absolute Gasteiger partial charge is 0.294 e. The van der Waals surface area contributed by atoms with Crippen molar-refractivity contribution in [2.24, 2.45) is 5.92 Å². The van der Waals surface area contributed by atoms with Crippen LogP contribution in [0.2, 0.25) is 10.0 Å². The lowest BCUT2D eigenvalue weighted by molar-refractivity contribution is 0.0962. The minimum absolute atomic E-state index is 0.129. The number of hydrogen-bond acceptors (Lipinski definition) is 1. The van der Waals surface area contributed by atoms with E-state index in [1.54, 1.807) is 6.07 Å². The summed E-state index contributed by atoms with van der Waals surface area (Å²) in [4.78, 5) is 12.1. The zero-order valence-electron chi connectivity index (χ0n) is 9.93. The second kappa shape index (κ2) is 5.41. The Kier molecular flexibility index (Phi) is 4.11. The number of ketones is 1. The third kappa shape index (κ3) is 2.83. The molecular weight excluding hydrogens is 255 g/mol. The first-order valence-electron chi connectivity index (χ1n) is 6.07. The monoisotopic (exact) mass is 270 g/mol. The number of rotatable bonds is 3. The van der Waals surface area contributed by atoms with Crippen LogP contribution in [0.1, 0.15) is 48.0 Å². The molecule has 0 aromatic heterocycles. The van der Waals surface area contributed by atoms with Crippen molar-refractivity contribution in [2.45, 2.75) is 39.0 Å². The summed E-state index contributed by atoms with van der Waals surface area (Å²) in [5, 5.41) is 0.915. The number of benzene rings is 1. The predicted molar refractivity (Wildman–Crippen MR) is 72.1 cm³/mol. The van der Waals surface area contributed by atoms with E-state index in [4.69, 9.17) is 23.2 Å². The first kappa shape index (κ1) is 12.9. The smallest absolute Gasteiger partial charge is 0.164 e. The van der Waals surface area contributed by atoms with Crippen LogP contribution >= 0.6 is 23.2 Å². The molecule has 1 aliphatic carbocycles. The Morgan fingerprint density at radius 3 is 2.53 bits per heavy atom. The molecule has 0 saturated heterocycles. The minimum Gasteiger partial charge on any atom is -0.294 e. The first-order valence-corrected chi connectivity index (χ1v) is 6.83. The fraction of sp³-hybridized carbons (Fsp3) is 0.500. The van der Waals surface area contributed by atoms with E-state index in [0.29, 0.717) is 27.9 Å². The van der Waals surface area contributed by atoms with Gasteiger partial charge in [0.2, 0.25) is 0 Å². The Labute approximate surface area is 112 Å². The number of hydrogen-bond donors (Lipinski definition) is 0. The van der Waals surface area contributed by atoms with E-state index < -0.39 is 0 Å². The maximum atomic E-state index is 12.1. The van der Waals surface area contributed by atoms with Crippen molar-refractivity contribution in [3.63, 3.8) is 0 Å². The summed E-state index contributed by atoms with van der Waals surface area (Å²) in [6, 6.07) is 3.65. The van der Waals surface area contributed by atoms with Crippen molar-refractivity contribution in [2.75, 3.05) is 0 Å². The second-order valence-corrected chi connectivity index (χ2v) is 5.59. The normalized spacial score (nSPS) is 16.4. The van der Waals surface area contributed by atoms with Gasteiger partial charge in [0.15, 0.2) is 5.78 Å². The topological polar surface area (TPSA) is 17.1 Å². The molecule has 1 aromatic carbocycles. The van der Waals surface area contributed by atoms with Gasteiger partial charge in [-0.15, -0.1) is 0 Å². The molecule has 0 bridgehead atoms. The Morgan fingerprint density at radius 1 is 1.24 bits per heavy atom. The van der Waals surface area contributed by atoms with Gasteiger partial charge in [-0.05, 0) is 24.5 Å². The van der Waals surface area contributed by atoms with Crippen molar-refractivity contribution in [1.82, 2.24) is 0 Å². The van der Waals surface area contributed by atoms with Gasteiger partial charge in [0.05, 0.1) is 10.0 Å². The average Bonchev–Trinajstić information content (AvgIpc) is 2.78. The maximum Gasteiger partial charge on any atom is 0.164 e. The van der Waals surface area contributed by atoms with Crippen LogP contribution in [0.3, 0.4) is 0 Å². The third-order valence-corrected chi connectivity index (χ3v) is 4.50. The highest BCUT2D eigenvalue weighted by atomic mass is 35.5. The van der Waals surface area contributed by atoms with E-state index >= 15 is 0 Å². The Balaban J connectivity index is 2.16. The van der Waals surface area contributed by atoms with Crippen LogP contribution in [0, 0.1) is 12.8 Å². The van der Waals surface area contributed by atoms with Crippen molar-refractivity contribution < 1.29 is 4.79 Å². The van der Waals surface area contributed by atoms with Gasteiger partial charge in [0, 0.05) is 12.0 Å². The van der Waals surface area contributed by atoms with Crippen LogP contribution in [0.15, 0.2) is 12.1 Å². The molecule has 1 fully saturated rings. The molecule has 1 aliphatic rings. The van der Waals surface area contributed by atoms with E-state index in [-0.39, 0.29) is 5.78 Å². The molecular formula is C14H16Cl2O. The van der Waals surface area contributed by atoms with Gasteiger partial charge < -0.3 is 0 Å². The molecule has 1 nitrogen and oxygen atoms in total. The van der Waals surface area contributed by atoms with Crippen LogP contribution in [0.25, 0.3) is 0 Å². The molecule has 0 unspecified atom stereocenters. The molecule has 3 heteroatoms. The van der Waals surface area contributed by atoms with E-state index in [1.807, 2.05) is 13.0 Å². The quantitative estimate of drug-likeness (QED) is 0.702. The zero-order chi connectivity index (χ0) is 12.4. The molecule has 0 spiro atoms. The molecule has 0 radical (unpaired) electrons. The minimum atomic E-state index is 0.129. The molecule has 0 heterocycles. The predicted octanol–water partition coefficient (Wildman–Crippen LogP) is 5.06. The Morgan fingerprint density at radius 2 is 1.88 bits per heavy atom. The van der Waals surface area contributed by atoms with Crippen molar-refractivity contribution >= 4 is 29.0 Å². The van der Waals surface area contributed by atoms with Gasteiger partial charge >= 0.3 is 0 Å². The average molecular weight is 271 g/mol. The molecule has 0 aliphatic heterocycles. The summed E-state index contributed by atoms with van der Waals surface area (Å²) in [6.45, 7) is 1.89. The van der Waals surface area contributed by atoms with Gasteiger partial charge in [-0.3, -0.25) is 4.79 Å². The molecule has 1 aromatic rings. The lowest BCUT2D eigenvalue weighted by Gasteiger charge is -2.10. The lowest BCUT2D eigenvalue weighted by atomic mass is 9.96. The molecule has 0 N–H and O–H groups in total. The number of carbonyl (C=O) groups is 1. The fourth-order valence-electron chi connectivity index (χ4n) is 2.45. The molecule has 0 atom stereocenters. The van der Waals surface area contributed by atoms with E-state index in [9.17, 15) is 4.79 Å². The second-order valence-electron chi connectivity index (χ2n) is 4.84. The Hall–Kier alpha value is -0.530. The molecule has 17 heavy (non-hydrogen) atoms. The summed E-state index contributed by atoms with van der Waals surface area (Å²) < 4.78 is 0. The lowest BCUT2D eigenvalue weighted by Crippen LogP contribution is -2.07. The highest BCUT2D eigenvalue weighted by Gasteiger charge is 2.21. The molecule has 2 rings (SSSR count). The van der Waals surface area contributed by atoms with Gasteiger partial charge in [0.25, 0.3) is 0 Å². The number of aryl methyl sites for hydroxylation is 1. The zero-order valence-corrected chi connectivity index (χ0v) is 11.4. The van der Waals surface area contributed by atoms with Crippen LogP contribution in [0.4, 0.5) is 0 Å². The summed E-state index contributed by atoms with van der Waals surface area (Å²) in [6.07, 6.45) is 5.45. The summed E-state index contributed by atoms with van der Waals surface area (Å²) in [7, 11) is 0. The number of Topliss-reactive ketones (excluding diaryl/α,β-unsaturated/α-hetero) is 1. The van der Waals surface area contributed by atoms with Gasteiger partial charge in [-0.25, -0.2) is 0 Å². The van der Waals surface area contributed by atoms with Crippen LogP contribution in [-0.4, -0.2) is 5.78 Å². The maximum absolute atomic E-state index is 12.1. The Bertz CT molecular complexity index is 434. The van der Waals surface area contributed by atoms with E-state index in [0.717, 1.165) is 5.56 Å². The SMILES string of the molecule is Cc1ccc(C(=O)CC2CCCC2)c(Cl)c1Cl. The highest BCUT2D eigenvalue weighted by molar-refractivity contribution is 6.44. The van der Waals surface area contributed by atoms with Gasteiger partial charge in [-0.1, -0.05) is 55.0 Å². The summed E-state index contributed by atoms with van der Waals surface area (Å²) in [5.74, 6) is 0.669. The third-order valence-electron chi connectivity index (χ3n) is 3.52. The molecule has 1 saturated carbocycles.